The van der Waals surface area contributed by atoms with Crippen LogP contribution in [0.2, 0.25) is 0 Å². The first-order chi connectivity index (χ1) is 10.1. The van der Waals surface area contributed by atoms with E-state index in [1.54, 1.807) is 4.90 Å². The lowest BCUT2D eigenvalue weighted by Gasteiger charge is -2.30. The molecule has 1 saturated heterocycles. The quantitative estimate of drug-likeness (QED) is 0.593. The average Bonchev–Trinajstić information content (AvgIpc) is 2.93. The minimum Gasteiger partial charge on any atom is -0.396 e. The van der Waals surface area contributed by atoms with Gasteiger partial charge in [-0.3, -0.25) is 9.59 Å². The van der Waals surface area contributed by atoms with Gasteiger partial charge in [0.2, 0.25) is 17.4 Å². The van der Waals surface area contributed by atoms with Crippen LogP contribution in [0.4, 0.5) is 5.82 Å². The summed E-state index contributed by atoms with van der Waals surface area (Å²) in [6.45, 7) is 1.45. The third-order valence-electron chi connectivity index (χ3n) is 3.50. The van der Waals surface area contributed by atoms with Crippen LogP contribution in [0.15, 0.2) is 4.63 Å². The predicted molar refractivity (Wildman–Crippen MR) is 72.1 cm³/mol. The molecule has 9 nitrogen and oxygen atoms in total. The molecule has 0 saturated carbocycles. The van der Waals surface area contributed by atoms with E-state index in [1.807, 2.05) is 0 Å². The van der Waals surface area contributed by atoms with Crippen LogP contribution in [0.25, 0.3) is 0 Å². The molecule has 0 atom stereocenters. The van der Waals surface area contributed by atoms with Crippen molar-refractivity contribution in [3.63, 3.8) is 0 Å². The molecule has 0 aliphatic carbocycles. The van der Waals surface area contributed by atoms with Gasteiger partial charge in [-0.1, -0.05) is 0 Å². The first kappa shape index (κ1) is 15.2. The van der Waals surface area contributed by atoms with Crippen molar-refractivity contribution in [3.8, 4) is 0 Å². The molecule has 2 rings (SSSR count). The number of amides is 2. The number of carbonyl (C=O) groups excluding carboxylic acids is 2. The Bertz CT molecular complexity index is 496. The van der Waals surface area contributed by atoms with Gasteiger partial charge in [-0.15, -0.1) is 0 Å². The highest BCUT2D eigenvalue weighted by Crippen LogP contribution is 2.20. The lowest BCUT2D eigenvalue weighted by Crippen LogP contribution is -2.43. The summed E-state index contributed by atoms with van der Waals surface area (Å²) < 4.78 is 4.41. The molecular formula is C12H19N5O4. The minimum absolute atomic E-state index is 0.0147. The number of hydrogen-bond acceptors (Lipinski definition) is 7. The van der Waals surface area contributed by atoms with Crippen LogP contribution in [-0.2, 0) is 4.79 Å². The molecule has 2 amide bonds. The number of nitrogens with two attached hydrogens (primary N) is 1. The zero-order chi connectivity index (χ0) is 15.2. The molecule has 1 aromatic heterocycles. The van der Waals surface area contributed by atoms with Gasteiger partial charge >= 0.3 is 0 Å². The fourth-order valence-corrected chi connectivity index (χ4v) is 2.27. The summed E-state index contributed by atoms with van der Waals surface area (Å²) in [6.07, 6.45) is 1.71. The molecule has 1 fully saturated rings. The maximum atomic E-state index is 12.1. The van der Waals surface area contributed by atoms with Crippen LogP contribution in [0, 0.1) is 5.92 Å². The highest BCUT2D eigenvalue weighted by Gasteiger charge is 2.30. The molecule has 116 valence electrons. The zero-order valence-corrected chi connectivity index (χ0v) is 11.6. The van der Waals surface area contributed by atoms with Crippen molar-refractivity contribution in [3.05, 3.63) is 5.69 Å². The number of nitrogen functional groups attached to an aromatic ring is 1. The van der Waals surface area contributed by atoms with Crippen molar-refractivity contribution in [2.24, 2.45) is 5.92 Å². The summed E-state index contributed by atoms with van der Waals surface area (Å²) in [4.78, 5) is 25.6. The summed E-state index contributed by atoms with van der Waals surface area (Å²) >= 11 is 0. The van der Waals surface area contributed by atoms with Gasteiger partial charge < -0.3 is 21.1 Å². The third-order valence-corrected chi connectivity index (χ3v) is 3.50. The Balaban J connectivity index is 1.82. The highest BCUT2D eigenvalue weighted by atomic mass is 16.6. The van der Waals surface area contributed by atoms with Crippen LogP contribution >= 0.6 is 0 Å². The molecule has 9 heteroatoms. The van der Waals surface area contributed by atoms with Crippen LogP contribution in [-0.4, -0.2) is 58.4 Å². The number of nitrogens with one attached hydrogen (secondary N) is 1. The Labute approximate surface area is 121 Å². The normalized spacial score (nSPS) is 16.0. The number of likely N-dealkylation sites (tertiary alicyclic amines) is 1. The second-order valence-electron chi connectivity index (χ2n) is 4.93. The number of aliphatic hydroxyl groups is 1. The standard InChI is InChI=1S/C12H19N5O4/c13-10-9(15-21-16-10)12(20)17-5-2-8(3-6-17)11(19)14-4-1-7-18/h8,18H,1-7H2,(H2,13,16)(H,14,19). The van der Waals surface area contributed by atoms with Crippen molar-refractivity contribution >= 4 is 17.6 Å². The Kier molecular flexibility index (Phi) is 5.09. The molecule has 2 heterocycles. The number of piperidine rings is 1. The van der Waals surface area contributed by atoms with Gasteiger partial charge in [0, 0.05) is 32.2 Å². The average molecular weight is 297 g/mol. The first-order valence-corrected chi connectivity index (χ1v) is 6.89. The molecular weight excluding hydrogens is 278 g/mol. The van der Waals surface area contributed by atoms with Crippen molar-refractivity contribution in [1.82, 2.24) is 20.5 Å². The van der Waals surface area contributed by atoms with Crippen LogP contribution < -0.4 is 11.1 Å². The zero-order valence-electron chi connectivity index (χ0n) is 11.6. The summed E-state index contributed by atoms with van der Waals surface area (Å²) in [5, 5.41) is 18.3. The lowest BCUT2D eigenvalue weighted by atomic mass is 9.95. The van der Waals surface area contributed by atoms with Gasteiger partial charge in [-0.25, -0.2) is 4.63 Å². The van der Waals surface area contributed by atoms with E-state index in [9.17, 15) is 9.59 Å². The van der Waals surface area contributed by atoms with Crippen LogP contribution in [0.3, 0.4) is 0 Å². The first-order valence-electron chi connectivity index (χ1n) is 6.89. The Morgan fingerprint density at radius 3 is 2.67 bits per heavy atom. The van der Waals surface area contributed by atoms with Crippen LogP contribution in [0.1, 0.15) is 29.8 Å². The van der Waals surface area contributed by atoms with E-state index in [0.29, 0.717) is 38.9 Å². The summed E-state index contributed by atoms with van der Waals surface area (Å²) in [5.74, 6) is -0.490. The number of anilines is 1. The maximum Gasteiger partial charge on any atom is 0.280 e. The van der Waals surface area contributed by atoms with E-state index in [2.05, 4.69) is 20.3 Å². The third kappa shape index (κ3) is 3.69. The summed E-state index contributed by atoms with van der Waals surface area (Å²) in [6, 6.07) is 0. The number of hydrogen-bond donors (Lipinski definition) is 3. The van der Waals surface area contributed by atoms with Gasteiger partial charge in [0.05, 0.1) is 0 Å². The van der Waals surface area contributed by atoms with E-state index in [1.165, 1.54) is 0 Å². The van der Waals surface area contributed by atoms with E-state index in [0.717, 1.165) is 0 Å². The SMILES string of the molecule is Nc1nonc1C(=O)N1CCC(C(=O)NCCCO)CC1. The van der Waals surface area contributed by atoms with Crippen molar-refractivity contribution < 1.29 is 19.3 Å². The highest BCUT2D eigenvalue weighted by molar-refractivity contribution is 5.96. The molecule has 0 unspecified atom stereocenters. The summed E-state index contributed by atoms with van der Waals surface area (Å²) in [5.41, 5.74) is 5.51. The Hall–Kier alpha value is -2.16. The van der Waals surface area contributed by atoms with Crippen molar-refractivity contribution in [2.75, 3.05) is 32.0 Å². The summed E-state index contributed by atoms with van der Waals surface area (Å²) in [7, 11) is 0. The van der Waals surface area contributed by atoms with Gasteiger partial charge in [0.1, 0.15) is 0 Å². The molecule has 21 heavy (non-hydrogen) atoms. The molecule has 0 aromatic carbocycles. The number of aromatic nitrogens is 2. The molecule has 1 aliphatic heterocycles. The van der Waals surface area contributed by atoms with Crippen molar-refractivity contribution in [2.45, 2.75) is 19.3 Å². The molecule has 4 N–H and O–H groups in total. The molecule has 0 radical (unpaired) electrons. The second kappa shape index (κ2) is 7.02. The lowest BCUT2D eigenvalue weighted by molar-refractivity contribution is -0.126. The Morgan fingerprint density at radius 2 is 2.10 bits per heavy atom. The monoisotopic (exact) mass is 297 g/mol. The van der Waals surface area contributed by atoms with E-state index < -0.39 is 0 Å². The van der Waals surface area contributed by atoms with E-state index in [-0.39, 0.29) is 35.9 Å². The molecule has 1 aromatic rings. The van der Waals surface area contributed by atoms with Crippen molar-refractivity contribution in [1.29, 1.82) is 0 Å². The molecule has 0 bridgehead atoms. The Morgan fingerprint density at radius 1 is 1.38 bits per heavy atom. The fraction of sp³-hybridized carbons (Fsp3) is 0.667. The number of nitrogens with zero attached hydrogens (tertiary/aromatic N) is 3. The topological polar surface area (TPSA) is 135 Å². The minimum atomic E-state index is -0.326. The fourth-order valence-electron chi connectivity index (χ4n) is 2.27. The maximum absolute atomic E-state index is 12.1. The van der Waals surface area contributed by atoms with Gasteiger partial charge in [0.25, 0.3) is 5.91 Å². The van der Waals surface area contributed by atoms with Gasteiger partial charge in [0.15, 0.2) is 0 Å². The van der Waals surface area contributed by atoms with E-state index in [4.69, 9.17) is 10.8 Å². The molecule has 0 spiro atoms. The van der Waals surface area contributed by atoms with Gasteiger partial charge in [-0.05, 0) is 29.6 Å². The number of rotatable bonds is 5. The van der Waals surface area contributed by atoms with E-state index >= 15 is 0 Å². The predicted octanol–water partition coefficient (Wildman–Crippen LogP) is -0.997. The number of aliphatic hydroxyl groups excluding tert-OH is 1. The molecule has 1 aliphatic rings. The smallest absolute Gasteiger partial charge is 0.280 e. The van der Waals surface area contributed by atoms with Crippen LogP contribution in [0.5, 0.6) is 0 Å². The van der Waals surface area contributed by atoms with Gasteiger partial charge in [-0.2, -0.15) is 0 Å². The largest absolute Gasteiger partial charge is 0.396 e. The second-order valence-corrected chi connectivity index (χ2v) is 4.93. The number of carbonyl (C=O) groups is 2.